The molecule has 2 rings (SSSR count). The topological polar surface area (TPSA) is 141 Å². The first-order chi connectivity index (χ1) is 16.4. The number of carbonyl (C=O) groups excluding carboxylic acids is 4. The molecule has 5 atom stereocenters. The van der Waals surface area contributed by atoms with E-state index in [1.807, 2.05) is 0 Å². The highest BCUT2D eigenvalue weighted by Gasteiger charge is 2.53. The standard InChI is InChI=1S/C24H28O11/c1-12(2)17-9-7-8-10-18(20(17)29)34-24-23(33-16(6)28)22(32-15(5)27)21(31-14(4)26)19(35-24)11-30-13(3)25/h7-10,19,21-24H,1,11H2,2-6H3/t19-,21-,22+,23-,24-/m1/s1. The van der Waals surface area contributed by atoms with Crippen LogP contribution in [0.4, 0.5) is 0 Å². The fourth-order valence-electron chi connectivity index (χ4n) is 3.42. The number of allylic oxidation sites excluding steroid dienone is 1. The number of esters is 4. The highest BCUT2D eigenvalue weighted by atomic mass is 16.7. The minimum atomic E-state index is -1.51. The summed E-state index contributed by atoms with van der Waals surface area (Å²) in [6, 6.07) is 6.10. The Hall–Kier alpha value is -3.73. The van der Waals surface area contributed by atoms with E-state index in [0.717, 1.165) is 27.7 Å². The fourth-order valence-corrected chi connectivity index (χ4v) is 3.42. The lowest BCUT2D eigenvalue weighted by molar-refractivity contribution is -0.288. The third-order valence-electron chi connectivity index (χ3n) is 4.74. The number of carbonyl (C=O) groups is 4. The summed E-state index contributed by atoms with van der Waals surface area (Å²) in [6.07, 6.45) is -6.90. The van der Waals surface area contributed by atoms with Crippen LogP contribution in [0.2, 0.25) is 0 Å². The van der Waals surface area contributed by atoms with E-state index in [4.69, 9.17) is 28.4 Å². The summed E-state index contributed by atoms with van der Waals surface area (Å²) in [6.45, 7) is 9.50. The van der Waals surface area contributed by atoms with Gasteiger partial charge in [0.1, 0.15) is 12.7 Å². The van der Waals surface area contributed by atoms with Crippen molar-refractivity contribution in [3.8, 4) is 5.75 Å². The van der Waals surface area contributed by atoms with E-state index in [0.29, 0.717) is 5.57 Å². The Morgan fingerprint density at radius 1 is 0.829 bits per heavy atom. The number of rotatable bonds is 8. The molecule has 0 aliphatic carbocycles. The zero-order valence-electron chi connectivity index (χ0n) is 20.1. The van der Waals surface area contributed by atoms with Crippen LogP contribution < -0.4 is 10.2 Å². The van der Waals surface area contributed by atoms with Crippen LogP contribution >= 0.6 is 0 Å². The summed E-state index contributed by atoms with van der Waals surface area (Å²) >= 11 is 0. The summed E-state index contributed by atoms with van der Waals surface area (Å²) < 4.78 is 32.7. The van der Waals surface area contributed by atoms with E-state index in [-0.39, 0.29) is 11.3 Å². The summed E-state index contributed by atoms with van der Waals surface area (Å²) in [5.41, 5.74) is 0.239. The highest BCUT2D eigenvalue weighted by Crippen LogP contribution is 2.30. The average Bonchev–Trinajstić information content (AvgIpc) is 2.91. The van der Waals surface area contributed by atoms with Crippen LogP contribution in [-0.2, 0) is 42.9 Å². The molecule has 1 heterocycles. The molecule has 0 bridgehead atoms. The molecule has 35 heavy (non-hydrogen) atoms. The first kappa shape index (κ1) is 27.5. The van der Waals surface area contributed by atoms with Gasteiger partial charge < -0.3 is 28.4 Å². The van der Waals surface area contributed by atoms with E-state index in [1.54, 1.807) is 25.1 Å². The van der Waals surface area contributed by atoms with E-state index in [2.05, 4.69) is 6.58 Å². The Labute approximate surface area is 201 Å². The molecule has 190 valence electrons. The van der Waals surface area contributed by atoms with Gasteiger partial charge in [-0.2, -0.15) is 0 Å². The SMILES string of the molecule is C=C(C)c1ccccc(O[C@@H]2O[C@H](COC(C)=O)[C@@H](OC(C)=O)[C@H](OC(C)=O)[C@H]2OC(C)=O)c1=O. The molecular weight excluding hydrogens is 464 g/mol. The maximum absolute atomic E-state index is 13.0. The lowest BCUT2D eigenvalue weighted by atomic mass is 9.98. The van der Waals surface area contributed by atoms with E-state index >= 15 is 0 Å². The van der Waals surface area contributed by atoms with Crippen molar-refractivity contribution in [2.45, 2.75) is 65.3 Å². The minimum absolute atomic E-state index is 0.172. The van der Waals surface area contributed by atoms with Crippen molar-refractivity contribution in [3.63, 3.8) is 0 Å². The molecule has 0 N–H and O–H groups in total. The second kappa shape index (κ2) is 12.1. The van der Waals surface area contributed by atoms with Crippen LogP contribution in [0.15, 0.2) is 35.6 Å². The molecule has 0 amide bonds. The van der Waals surface area contributed by atoms with E-state index < -0.39 is 66.6 Å². The summed E-state index contributed by atoms with van der Waals surface area (Å²) in [5, 5.41) is 0. The Balaban J connectivity index is 2.58. The molecule has 0 unspecified atom stereocenters. The van der Waals surface area contributed by atoms with Gasteiger partial charge in [-0.3, -0.25) is 24.0 Å². The molecule has 11 nitrogen and oxygen atoms in total. The third kappa shape index (κ3) is 7.64. The predicted molar refractivity (Wildman–Crippen MR) is 120 cm³/mol. The maximum Gasteiger partial charge on any atom is 0.303 e. The largest absolute Gasteiger partial charge is 0.463 e. The fraction of sp³-hybridized carbons (Fsp3) is 0.458. The average molecular weight is 492 g/mol. The Morgan fingerprint density at radius 2 is 1.37 bits per heavy atom. The van der Waals surface area contributed by atoms with E-state index in [1.165, 1.54) is 6.07 Å². The molecule has 0 aromatic heterocycles. The van der Waals surface area contributed by atoms with Crippen LogP contribution in [-0.4, -0.2) is 61.2 Å². The number of hydrogen-bond donors (Lipinski definition) is 0. The lowest BCUT2D eigenvalue weighted by Gasteiger charge is -2.43. The Bertz CT molecular complexity index is 1050. The molecule has 1 saturated heterocycles. The zero-order chi connectivity index (χ0) is 26.3. The van der Waals surface area contributed by atoms with Crippen molar-refractivity contribution in [2.24, 2.45) is 0 Å². The zero-order valence-corrected chi connectivity index (χ0v) is 20.1. The second-order valence-electron chi connectivity index (χ2n) is 7.79. The van der Waals surface area contributed by atoms with Crippen molar-refractivity contribution in [1.82, 2.24) is 0 Å². The molecule has 1 aromatic rings. The Kier molecular flexibility index (Phi) is 9.52. The van der Waals surface area contributed by atoms with Crippen LogP contribution in [0.1, 0.15) is 40.2 Å². The van der Waals surface area contributed by atoms with Gasteiger partial charge >= 0.3 is 23.9 Å². The van der Waals surface area contributed by atoms with Gasteiger partial charge in [0.15, 0.2) is 18.0 Å². The summed E-state index contributed by atoms with van der Waals surface area (Å²) in [5.74, 6) is -3.15. The van der Waals surface area contributed by atoms with Crippen LogP contribution in [0, 0.1) is 0 Å². The van der Waals surface area contributed by atoms with Gasteiger partial charge in [0.05, 0.1) is 0 Å². The van der Waals surface area contributed by atoms with Crippen LogP contribution in [0.3, 0.4) is 0 Å². The number of hydrogen-bond acceptors (Lipinski definition) is 11. The van der Waals surface area contributed by atoms with Gasteiger partial charge in [-0.25, -0.2) is 0 Å². The maximum atomic E-state index is 13.0. The van der Waals surface area contributed by atoms with Crippen molar-refractivity contribution in [3.05, 3.63) is 46.6 Å². The third-order valence-corrected chi connectivity index (χ3v) is 4.74. The molecule has 1 aromatic carbocycles. The van der Waals surface area contributed by atoms with Gasteiger partial charge in [0.2, 0.25) is 17.8 Å². The molecule has 0 radical (unpaired) electrons. The smallest absolute Gasteiger partial charge is 0.303 e. The van der Waals surface area contributed by atoms with Gasteiger partial charge in [0, 0.05) is 33.3 Å². The van der Waals surface area contributed by atoms with Gasteiger partial charge in [-0.1, -0.05) is 24.8 Å². The van der Waals surface area contributed by atoms with Crippen molar-refractivity contribution < 1.29 is 47.6 Å². The summed E-state index contributed by atoms with van der Waals surface area (Å²) in [7, 11) is 0. The highest BCUT2D eigenvalue weighted by molar-refractivity contribution is 5.69. The van der Waals surface area contributed by atoms with Gasteiger partial charge in [-0.15, -0.1) is 0 Å². The molecule has 1 aliphatic rings. The lowest BCUT2D eigenvalue weighted by Crippen LogP contribution is -2.63. The normalized spacial score (nSPS) is 23.4. The second-order valence-corrected chi connectivity index (χ2v) is 7.79. The molecule has 1 aliphatic heterocycles. The van der Waals surface area contributed by atoms with E-state index in [9.17, 15) is 24.0 Å². The van der Waals surface area contributed by atoms with Gasteiger partial charge in [0.25, 0.3) is 0 Å². The molecule has 1 fully saturated rings. The number of ether oxygens (including phenoxy) is 6. The summed E-state index contributed by atoms with van der Waals surface area (Å²) in [4.78, 5) is 60.0. The van der Waals surface area contributed by atoms with Crippen molar-refractivity contribution in [1.29, 1.82) is 0 Å². The van der Waals surface area contributed by atoms with Gasteiger partial charge in [-0.05, 0) is 18.6 Å². The van der Waals surface area contributed by atoms with Crippen molar-refractivity contribution >= 4 is 29.5 Å². The predicted octanol–water partition coefficient (Wildman–Crippen LogP) is 1.54. The molecule has 0 saturated carbocycles. The molecular formula is C24H28O11. The first-order valence-electron chi connectivity index (χ1n) is 10.7. The minimum Gasteiger partial charge on any atom is -0.463 e. The monoisotopic (exact) mass is 492 g/mol. The Morgan fingerprint density at radius 3 is 1.91 bits per heavy atom. The van der Waals surface area contributed by atoms with Crippen molar-refractivity contribution in [2.75, 3.05) is 6.61 Å². The quantitative estimate of drug-likeness (QED) is 0.385. The first-order valence-corrected chi connectivity index (χ1v) is 10.7. The molecule has 0 spiro atoms. The van der Waals surface area contributed by atoms with Crippen LogP contribution in [0.5, 0.6) is 5.75 Å². The molecule has 11 heteroatoms. The van der Waals surface area contributed by atoms with Crippen LogP contribution in [0.25, 0.3) is 5.57 Å².